The van der Waals surface area contributed by atoms with Crippen LogP contribution in [0.2, 0.25) is 0 Å². The van der Waals surface area contributed by atoms with E-state index in [0.29, 0.717) is 13.1 Å². The van der Waals surface area contributed by atoms with Gasteiger partial charge in [-0.2, -0.15) is 0 Å². The van der Waals surface area contributed by atoms with Gasteiger partial charge in [-0.1, -0.05) is 0 Å². The van der Waals surface area contributed by atoms with Crippen molar-refractivity contribution in [1.82, 2.24) is 0 Å². The molecular weight excluding hydrogens is 286 g/mol. The Balaban J connectivity index is 5.84. The molecule has 6 nitrogen and oxygen atoms in total. The van der Waals surface area contributed by atoms with Gasteiger partial charge >= 0.3 is 95.3 Å². The van der Waals surface area contributed by atoms with Gasteiger partial charge in [0.2, 0.25) is 0 Å². The molecular formula is C6H18FeO6P2. The zero-order valence-electron chi connectivity index (χ0n) is 9.70. The molecule has 15 heavy (non-hydrogen) atoms. The molecule has 0 aliphatic rings. The van der Waals surface area contributed by atoms with E-state index in [0.717, 1.165) is 0 Å². The second-order valence-electron chi connectivity index (χ2n) is 2.00. The number of hydrogen-bond donors (Lipinski definition) is 0. The van der Waals surface area contributed by atoms with Crippen LogP contribution < -0.4 is 0 Å². The molecule has 0 spiro atoms. The molecule has 0 saturated carbocycles. The summed E-state index contributed by atoms with van der Waals surface area (Å²) in [5, 5.41) is 0. The molecule has 0 rings (SSSR count). The third kappa shape index (κ3) is 4.14. The van der Waals surface area contributed by atoms with Crippen molar-refractivity contribution < 1.29 is 40.3 Å². The summed E-state index contributed by atoms with van der Waals surface area (Å²) in [6, 6.07) is 0. The van der Waals surface area contributed by atoms with Gasteiger partial charge in [-0.15, -0.1) is 0 Å². The van der Waals surface area contributed by atoms with E-state index in [2.05, 4.69) is 0 Å². The normalized spacial score (nSPS) is 13.2. The van der Waals surface area contributed by atoms with E-state index in [4.69, 9.17) is 27.1 Å². The van der Waals surface area contributed by atoms with Crippen LogP contribution in [-0.2, 0) is 40.3 Å². The molecule has 0 amide bonds. The van der Waals surface area contributed by atoms with Gasteiger partial charge in [0.15, 0.2) is 0 Å². The van der Waals surface area contributed by atoms with Crippen LogP contribution in [0.3, 0.4) is 0 Å². The first-order chi connectivity index (χ1) is 7.07. The van der Waals surface area contributed by atoms with Crippen molar-refractivity contribution in [3.63, 3.8) is 0 Å². The molecule has 0 aromatic heterocycles. The molecule has 0 heterocycles. The number of hydrogen-bond acceptors (Lipinski definition) is 6. The Labute approximate surface area is 95.6 Å². The molecule has 96 valence electrons. The van der Waals surface area contributed by atoms with E-state index < -0.39 is 12.4 Å². The molecule has 0 aromatic rings. The molecule has 0 bridgehead atoms. The predicted octanol–water partition coefficient (Wildman–Crippen LogP) is 2.30. The fourth-order valence-electron chi connectivity index (χ4n) is 0.726. The summed E-state index contributed by atoms with van der Waals surface area (Å²) in [7, 11) is 9.15. The Morgan fingerprint density at radius 3 is 0.867 bits per heavy atom. The fraction of sp³-hybridized carbons (Fsp3) is 1.00. The van der Waals surface area contributed by atoms with Gasteiger partial charge in [0.05, 0.1) is 0 Å². The summed E-state index contributed by atoms with van der Waals surface area (Å²) < 4.78 is 31.5. The summed E-state index contributed by atoms with van der Waals surface area (Å²) in [4.78, 5) is 0. The molecule has 9 heteroatoms. The maximum atomic E-state index is 5.25. The summed E-state index contributed by atoms with van der Waals surface area (Å²) in [5.41, 5.74) is 0. The summed E-state index contributed by atoms with van der Waals surface area (Å²) in [6.07, 6.45) is -4.87. The molecule has 0 N–H and O–H groups in total. The van der Waals surface area contributed by atoms with Crippen molar-refractivity contribution in [2.45, 2.75) is 0 Å². The van der Waals surface area contributed by atoms with Gasteiger partial charge in [-0.25, -0.2) is 0 Å². The average Bonchev–Trinajstić information content (AvgIpc) is 2.33. The van der Waals surface area contributed by atoms with Crippen LogP contribution in [0.25, 0.3) is 0 Å². The van der Waals surface area contributed by atoms with Crippen molar-refractivity contribution in [2.75, 3.05) is 42.7 Å². The minimum absolute atomic E-state index is 0.326. The molecule has 0 aliphatic carbocycles. The monoisotopic (exact) mass is 304 g/mol. The van der Waals surface area contributed by atoms with Crippen LogP contribution in [0.4, 0.5) is 0 Å². The van der Waals surface area contributed by atoms with E-state index >= 15 is 0 Å². The molecule has 0 fully saturated rings. The average molecular weight is 304 g/mol. The Hall–Kier alpha value is 1.14. The van der Waals surface area contributed by atoms with Crippen LogP contribution in [0.15, 0.2) is 0 Å². The van der Waals surface area contributed by atoms with Crippen LogP contribution >= 0.6 is 12.4 Å². The molecule has 0 aromatic carbocycles. The van der Waals surface area contributed by atoms with E-state index in [1.165, 1.54) is 42.7 Å². The van der Waals surface area contributed by atoms with Crippen molar-refractivity contribution in [2.24, 2.45) is 0 Å². The second kappa shape index (κ2) is 7.46. The maximum absolute atomic E-state index is 5.25. The predicted molar refractivity (Wildman–Crippen MR) is 55.9 cm³/mol. The summed E-state index contributed by atoms with van der Waals surface area (Å²) in [5.74, 6) is 0. The van der Waals surface area contributed by atoms with Crippen molar-refractivity contribution in [1.29, 1.82) is 0 Å². The number of rotatable bonds is 6. The fourth-order valence-corrected chi connectivity index (χ4v) is 11.7. The quantitative estimate of drug-likeness (QED) is 0.554. The van der Waals surface area contributed by atoms with E-state index in [9.17, 15) is 0 Å². The van der Waals surface area contributed by atoms with Gasteiger partial charge in [0.1, 0.15) is 0 Å². The van der Waals surface area contributed by atoms with Gasteiger partial charge in [-0.3, -0.25) is 0 Å². The molecule has 0 atom stereocenters. The van der Waals surface area contributed by atoms with Gasteiger partial charge in [-0.05, 0) is 0 Å². The third-order valence-electron chi connectivity index (χ3n) is 1.45. The molecule has 0 saturated heterocycles. The van der Waals surface area contributed by atoms with Crippen LogP contribution in [0, 0.1) is 0 Å². The van der Waals surface area contributed by atoms with Crippen molar-refractivity contribution >= 4 is 12.4 Å². The van der Waals surface area contributed by atoms with Crippen LogP contribution in [-0.4, -0.2) is 42.7 Å². The van der Waals surface area contributed by atoms with Crippen molar-refractivity contribution in [3.05, 3.63) is 0 Å². The second-order valence-corrected chi connectivity index (χ2v) is 12.0. The topological polar surface area (TPSA) is 55.4 Å². The first-order valence-electron chi connectivity index (χ1n) is 3.86. The van der Waals surface area contributed by atoms with Crippen molar-refractivity contribution in [3.8, 4) is 0 Å². The van der Waals surface area contributed by atoms with Gasteiger partial charge < -0.3 is 0 Å². The Morgan fingerprint density at radius 2 is 0.733 bits per heavy atom. The van der Waals surface area contributed by atoms with E-state index in [1.54, 1.807) is 0 Å². The summed E-state index contributed by atoms with van der Waals surface area (Å²) in [6.45, 7) is 0. The van der Waals surface area contributed by atoms with Gasteiger partial charge in [0, 0.05) is 0 Å². The Kier molecular flexibility index (Phi) is 8.03. The molecule has 0 unspecified atom stereocenters. The third-order valence-corrected chi connectivity index (χ3v) is 13.9. The Morgan fingerprint density at radius 1 is 0.533 bits per heavy atom. The molecule has 0 radical (unpaired) electrons. The zero-order valence-corrected chi connectivity index (χ0v) is 12.6. The van der Waals surface area contributed by atoms with Crippen LogP contribution in [0.5, 0.6) is 0 Å². The van der Waals surface area contributed by atoms with E-state index in [-0.39, 0.29) is 0 Å². The standard InChI is InChI=1S/2C3H9O3P.Fe/c2*1-4-7(5-2)6-3;/h2*1-3H3;. The first-order valence-corrected chi connectivity index (χ1v) is 9.65. The van der Waals surface area contributed by atoms with Gasteiger partial charge in [0.25, 0.3) is 0 Å². The Bertz CT molecular complexity index is 236. The minimum atomic E-state index is -2.44. The van der Waals surface area contributed by atoms with Crippen LogP contribution in [0.1, 0.15) is 0 Å². The first kappa shape index (κ1) is 16.1. The SMILES string of the molecule is CO[P](OC)(OC)=[Fe]=[P](OC)(OC)OC. The zero-order chi connectivity index (χ0) is 11.9. The molecule has 0 aliphatic heterocycles. The van der Waals surface area contributed by atoms with E-state index in [1.807, 2.05) is 0 Å². The summed E-state index contributed by atoms with van der Waals surface area (Å²) >= 11 is 0.326.